The van der Waals surface area contributed by atoms with Crippen molar-refractivity contribution in [1.29, 1.82) is 0 Å². The van der Waals surface area contributed by atoms with Crippen LogP contribution in [0.4, 0.5) is 0 Å². The van der Waals surface area contributed by atoms with Crippen molar-refractivity contribution in [1.82, 2.24) is 9.80 Å². The number of ether oxygens (including phenoxy) is 1. The molecule has 4 aliphatic heterocycles. The molecule has 1 unspecified atom stereocenters. The molecule has 7 nitrogen and oxygen atoms in total. The summed E-state index contributed by atoms with van der Waals surface area (Å²) < 4.78 is 3.85. The van der Waals surface area contributed by atoms with Crippen molar-refractivity contribution in [3.05, 3.63) is 24.3 Å². The molecule has 4 heterocycles. The van der Waals surface area contributed by atoms with Crippen molar-refractivity contribution >= 4 is 29.5 Å². The molecule has 5 atom stereocenters. The summed E-state index contributed by atoms with van der Waals surface area (Å²) in [7, 11) is 0. The van der Waals surface area contributed by atoms with Gasteiger partial charge in [-0.1, -0.05) is 18.2 Å². The van der Waals surface area contributed by atoms with Gasteiger partial charge < -0.3 is 19.6 Å². The number of aliphatic hydroxyl groups excluding tert-OH is 1. The highest BCUT2D eigenvalue weighted by Crippen LogP contribution is 2.65. The summed E-state index contributed by atoms with van der Waals surface area (Å²) in [6.45, 7) is 8.30. The molecule has 29 heavy (non-hydrogen) atoms. The zero-order chi connectivity index (χ0) is 21.2. The van der Waals surface area contributed by atoms with Crippen LogP contribution in [-0.2, 0) is 19.1 Å². The summed E-state index contributed by atoms with van der Waals surface area (Å²) in [4.78, 5) is 43.5. The Morgan fingerprint density at radius 1 is 1.17 bits per heavy atom. The second-order valence-electron chi connectivity index (χ2n) is 9.31. The third kappa shape index (κ3) is 2.79. The summed E-state index contributed by atoms with van der Waals surface area (Å²) in [6, 6.07) is -0.764. The molecule has 0 bridgehead atoms. The van der Waals surface area contributed by atoms with Crippen molar-refractivity contribution in [2.75, 3.05) is 26.3 Å². The normalized spacial score (nSPS) is 39.1. The van der Waals surface area contributed by atoms with Gasteiger partial charge >= 0.3 is 5.97 Å². The molecule has 1 N–H and O–H groups in total. The molecule has 0 aromatic carbocycles. The first kappa shape index (κ1) is 20.5. The van der Waals surface area contributed by atoms with Gasteiger partial charge in [0.2, 0.25) is 11.8 Å². The lowest BCUT2D eigenvalue weighted by Gasteiger charge is -2.40. The fraction of sp³-hybridized carbons (Fsp3) is 0.667. The number of amides is 2. The highest BCUT2D eigenvalue weighted by atomic mass is 32.2. The number of nitrogens with zero attached hydrogens (tertiary/aromatic N) is 2. The number of cyclic esters (lactones) is 1. The van der Waals surface area contributed by atoms with E-state index in [1.54, 1.807) is 4.90 Å². The first-order valence-electron chi connectivity index (χ1n) is 10.0. The Kier molecular flexibility index (Phi) is 4.66. The van der Waals surface area contributed by atoms with Crippen LogP contribution in [0.2, 0.25) is 0 Å². The molecule has 8 heteroatoms. The number of thioether (sulfide) groups is 1. The predicted molar refractivity (Wildman–Crippen MR) is 109 cm³/mol. The Morgan fingerprint density at radius 2 is 1.90 bits per heavy atom. The van der Waals surface area contributed by atoms with Gasteiger partial charge in [-0.05, 0) is 33.8 Å². The highest BCUT2D eigenvalue weighted by molar-refractivity contribution is 8.02. The standard InChI is InChI=1S/C21H28N2O5S/c1-19(2,3)23-9-5-8-21-13(16(25)22(10-11-24)15(21)17(23)26)14-18(27)28-12-6-7-20(14,4)29-21/h5-8,13-15,24H,9-12H2,1-4H3/t13-,14-,15?,20+,21-/m0/s1. The van der Waals surface area contributed by atoms with E-state index in [2.05, 4.69) is 0 Å². The van der Waals surface area contributed by atoms with Gasteiger partial charge in [0.15, 0.2) is 0 Å². The topological polar surface area (TPSA) is 87.2 Å². The molecule has 1 spiro atoms. The lowest BCUT2D eigenvalue weighted by molar-refractivity contribution is -0.152. The molecule has 2 saturated heterocycles. The maximum atomic E-state index is 13.8. The zero-order valence-corrected chi connectivity index (χ0v) is 18.1. The fourth-order valence-corrected chi connectivity index (χ4v) is 7.46. The van der Waals surface area contributed by atoms with Gasteiger partial charge in [0, 0.05) is 23.4 Å². The van der Waals surface area contributed by atoms with Gasteiger partial charge in [0.1, 0.15) is 12.6 Å². The largest absolute Gasteiger partial charge is 0.461 e. The summed E-state index contributed by atoms with van der Waals surface area (Å²) in [6.07, 6.45) is 7.68. The second-order valence-corrected chi connectivity index (χ2v) is 11.1. The minimum Gasteiger partial charge on any atom is -0.461 e. The molecule has 4 rings (SSSR count). The van der Waals surface area contributed by atoms with Crippen molar-refractivity contribution < 1.29 is 24.2 Å². The van der Waals surface area contributed by atoms with Crippen LogP contribution in [0.15, 0.2) is 24.3 Å². The van der Waals surface area contributed by atoms with E-state index < -0.39 is 38.9 Å². The summed E-state index contributed by atoms with van der Waals surface area (Å²) in [5, 5.41) is 9.61. The van der Waals surface area contributed by atoms with Crippen LogP contribution in [0.1, 0.15) is 27.7 Å². The number of carbonyl (C=O) groups is 3. The van der Waals surface area contributed by atoms with E-state index in [1.165, 1.54) is 16.7 Å². The summed E-state index contributed by atoms with van der Waals surface area (Å²) in [5.74, 6) is -2.18. The first-order valence-corrected chi connectivity index (χ1v) is 10.8. The quantitative estimate of drug-likeness (QED) is 0.529. The average molecular weight is 421 g/mol. The molecule has 2 amide bonds. The summed E-state index contributed by atoms with van der Waals surface area (Å²) in [5.41, 5.74) is -0.421. The van der Waals surface area contributed by atoms with Crippen molar-refractivity contribution in [2.24, 2.45) is 11.8 Å². The Hall–Kier alpha value is -1.80. The SMILES string of the molecule is CC(C)(C)N1CC=C[C@]23S[C@]4(C)C=CCOC(=O)[C@@H]4[C@H]2C(=O)N(CCO)C3C1=O. The highest BCUT2D eigenvalue weighted by Gasteiger charge is 2.74. The number of carbonyl (C=O) groups excluding carboxylic acids is 3. The van der Waals surface area contributed by atoms with Gasteiger partial charge in [-0.25, -0.2) is 0 Å². The smallest absolute Gasteiger partial charge is 0.311 e. The van der Waals surface area contributed by atoms with E-state index in [0.717, 1.165) is 0 Å². The molecule has 0 radical (unpaired) electrons. The van der Waals surface area contributed by atoms with Crippen molar-refractivity contribution in [3.63, 3.8) is 0 Å². The molecular weight excluding hydrogens is 392 g/mol. The Balaban J connectivity index is 1.89. The third-order valence-corrected chi connectivity index (χ3v) is 8.26. The molecule has 2 fully saturated rings. The second kappa shape index (κ2) is 6.60. The number of β-amino-alcohol motifs (C(OH)–C–C–N with tert-alkyl or cyclic N) is 1. The van der Waals surface area contributed by atoms with Crippen LogP contribution in [-0.4, -0.2) is 80.1 Å². The number of hydrogen-bond acceptors (Lipinski definition) is 6. The Bertz CT molecular complexity index is 818. The number of likely N-dealkylation sites (tertiary alicyclic amines) is 1. The lowest BCUT2D eigenvalue weighted by Crippen LogP contribution is -2.57. The number of aliphatic hydroxyl groups is 1. The molecule has 4 aliphatic rings. The van der Waals surface area contributed by atoms with Crippen LogP contribution in [0.3, 0.4) is 0 Å². The van der Waals surface area contributed by atoms with E-state index in [4.69, 9.17) is 4.74 Å². The molecular formula is C21H28N2O5S. The predicted octanol–water partition coefficient (Wildman–Crippen LogP) is 0.976. The van der Waals surface area contributed by atoms with Crippen LogP contribution >= 0.6 is 11.8 Å². The van der Waals surface area contributed by atoms with Gasteiger partial charge in [0.25, 0.3) is 0 Å². The van der Waals surface area contributed by atoms with Gasteiger partial charge in [-0.2, -0.15) is 0 Å². The number of esters is 1. The van der Waals surface area contributed by atoms with E-state index in [-0.39, 0.29) is 31.6 Å². The van der Waals surface area contributed by atoms with Crippen molar-refractivity contribution in [2.45, 2.75) is 48.8 Å². The van der Waals surface area contributed by atoms with E-state index in [1.807, 2.05) is 52.0 Å². The van der Waals surface area contributed by atoms with Crippen LogP contribution in [0, 0.1) is 11.8 Å². The number of hydrogen-bond donors (Lipinski definition) is 1. The first-order chi connectivity index (χ1) is 13.6. The van der Waals surface area contributed by atoms with Gasteiger partial charge in [0.05, 0.1) is 23.2 Å². The van der Waals surface area contributed by atoms with E-state index >= 15 is 0 Å². The number of fused-ring (bicyclic) bond motifs is 2. The number of rotatable bonds is 2. The lowest BCUT2D eigenvalue weighted by atomic mass is 9.75. The average Bonchev–Trinajstić information content (AvgIpc) is 2.85. The van der Waals surface area contributed by atoms with Crippen LogP contribution in [0.25, 0.3) is 0 Å². The molecule has 0 aliphatic carbocycles. The zero-order valence-electron chi connectivity index (χ0n) is 17.3. The molecule has 0 saturated carbocycles. The maximum Gasteiger partial charge on any atom is 0.311 e. The Labute approximate surface area is 175 Å². The third-order valence-electron chi connectivity index (χ3n) is 6.46. The molecule has 158 valence electrons. The molecule has 0 aromatic rings. The summed E-state index contributed by atoms with van der Waals surface area (Å²) >= 11 is 1.51. The minimum atomic E-state index is -0.872. The van der Waals surface area contributed by atoms with Crippen molar-refractivity contribution in [3.8, 4) is 0 Å². The maximum absolute atomic E-state index is 13.8. The Morgan fingerprint density at radius 3 is 2.55 bits per heavy atom. The monoisotopic (exact) mass is 420 g/mol. The fourth-order valence-electron chi connectivity index (χ4n) is 5.31. The van der Waals surface area contributed by atoms with Crippen LogP contribution < -0.4 is 0 Å². The van der Waals surface area contributed by atoms with Gasteiger partial charge in [-0.15, -0.1) is 11.8 Å². The molecule has 0 aromatic heterocycles. The minimum absolute atomic E-state index is 0.0637. The van der Waals surface area contributed by atoms with E-state index in [0.29, 0.717) is 6.54 Å². The van der Waals surface area contributed by atoms with Gasteiger partial charge in [-0.3, -0.25) is 14.4 Å². The van der Waals surface area contributed by atoms with Crippen LogP contribution in [0.5, 0.6) is 0 Å². The van der Waals surface area contributed by atoms with E-state index in [9.17, 15) is 19.5 Å².